The van der Waals surface area contributed by atoms with E-state index in [0.29, 0.717) is 26.9 Å². The van der Waals surface area contributed by atoms with E-state index in [2.05, 4.69) is 38.4 Å². The number of benzene rings is 1. The summed E-state index contributed by atoms with van der Waals surface area (Å²) in [6, 6.07) is 3.53. The number of amides is 2. The fourth-order valence-electron chi connectivity index (χ4n) is 2.07. The molecule has 1 saturated heterocycles. The molecule has 1 aromatic carbocycles. The Hall–Kier alpha value is -1.58. The van der Waals surface area contributed by atoms with E-state index in [9.17, 15) is 14.4 Å². The summed E-state index contributed by atoms with van der Waals surface area (Å²) in [5.41, 5.74) is 0.691. The Morgan fingerprint density at radius 3 is 2.54 bits per heavy atom. The Kier molecular flexibility index (Phi) is 7.48. The summed E-state index contributed by atoms with van der Waals surface area (Å²) in [7, 11) is 0. The zero-order chi connectivity index (χ0) is 19.3. The summed E-state index contributed by atoms with van der Waals surface area (Å²) in [6.45, 7) is 5.40. The van der Waals surface area contributed by atoms with Crippen molar-refractivity contribution in [3.63, 3.8) is 0 Å². The molecule has 2 rings (SSSR count). The second-order valence-electron chi connectivity index (χ2n) is 4.99. The topological polar surface area (TPSA) is 72.9 Å². The predicted octanol–water partition coefficient (Wildman–Crippen LogP) is 4.38. The van der Waals surface area contributed by atoms with Gasteiger partial charge in [-0.3, -0.25) is 19.3 Å². The predicted molar refractivity (Wildman–Crippen MR) is 107 cm³/mol. The fourth-order valence-corrected chi connectivity index (χ4v) is 4.36. The molecule has 1 aliphatic heterocycles. The van der Waals surface area contributed by atoms with E-state index in [1.807, 2.05) is 0 Å². The van der Waals surface area contributed by atoms with Gasteiger partial charge >= 0.3 is 5.97 Å². The third kappa shape index (κ3) is 4.99. The standard InChI is InChI=1S/C17H15Br2NO5S/c1-3-5-25-15-11(18)6-10(7-12(15)19)8-13-16(22)20(17(23)26-13)9-14(21)24-4-2/h3,6-8H,1,4-5,9H2,2H3. The molecular formula is C17H15Br2NO5S. The lowest BCUT2D eigenvalue weighted by atomic mass is 10.2. The van der Waals surface area contributed by atoms with Crippen molar-refractivity contribution in [2.75, 3.05) is 19.8 Å². The SMILES string of the molecule is C=CCOc1c(Br)cc(C=C2SC(=O)N(CC(=O)OCC)C2=O)cc1Br. The molecule has 9 heteroatoms. The number of esters is 1. The first kappa shape index (κ1) is 20.7. The number of hydrogen-bond acceptors (Lipinski definition) is 6. The Morgan fingerprint density at radius 2 is 1.96 bits per heavy atom. The van der Waals surface area contributed by atoms with E-state index in [1.165, 1.54) is 0 Å². The molecule has 26 heavy (non-hydrogen) atoms. The van der Waals surface area contributed by atoms with Gasteiger partial charge in [0.25, 0.3) is 11.1 Å². The van der Waals surface area contributed by atoms with Crippen LogP contribution in [0.2, 0.25) is 0 Å². The first-order valence-corrected chi connectivity index (χ1v) is 9.91. The van der Waals surface area contributed by atoms with Gasteiger partial charge in [0.2, 0.25) is 0 Å². The van der Waals surface area contributed by atoms with Gasteiger partial charge in [-0.25, -0.2) is 0 Å². The van der Waals surface area contributed by atoms with Crippen molar-refractivity contribution in [3.05, 3.63) is 44.2 Å². The zero-order valence-corrected chi connectivity index (χ0v) is 17.8. The van der Waals surface area contributed by atoms with Crippen LogP contribution < -0.4 is 4.74 Å². The van der Waals surface area contributed by atoms with Gasteiger partial charge in [0, 0.05) is 0 Å². The van der Waals surface area contributed by atoms with E-state index in [0.717, 1.165) is 16.7 Å². The molecule has 1 aliphatic rings. The van der Waals surface area contributed by atoms with Crippen LogP contribution in [0.25, 0.3) is 6.08 Å². The maximum Gasteiger partial charge on any atom is 0.326 e. The molecule has 6 nitrogen and oxygen atoms in total. The number of carbonyl (C=O) groups excluding carboxylic acids is 3. The summed E-state index contributed by atoms with van der Waals surface area (Å²) < 4.78 is 11.7. The van der Waals surface area contributed by atoms with Crippen molar-refractivity contribution in [1.82, 2.24) is 4.90 Å². The van der Waals surface area contributed by atoms with E-state index < -0.39 is 23.7 Å². The molecule has 1 fully saturated rings. The molecule has 0 saturated carbocycles. The number of imide groups is 1. The lowest BCUT2D eigenvalue weighted by Gasteiger charge is -2.11. The molecule has 138 valence electrons. The van der Waals surface area contributed by atoms with Crippen molar-refractivity contribution in [2.24, 2.45) is 0 Å². The van der Waals surface area contributed by atoms with Crippen LogP contribution in [0.15, 0.2) is 38.6 Å². The number of rotatable bonds is 7. The minimum atomic E-state index is -0.620. The Bertz CT molecular complexity index is 770. The minimum Gasteiger partial charge on any atom is -0.487 e. The van der Waals surface area contributed by atoms with Crippen LogP contribution >= 0.6 is 43.6 Å². The molecule has 0 atom stereocenters. The van der Waals surface area contributed by atoms with E-state index in [-0.39, 0.29) is 11.5 Å². The van der Waals surface area contributed by atoms with Gasteiger partial charge < -0.3 is 9.47 Å². The minimum absolute atomic E-state index is 0.188. The van der Waals surface area contributed by atoms with Crippen LogP contribution in [-0.4, -0.2) is 41.8 Å². The Labute approximate surface area is 171 Å². The van der Waals surface area contributed by atoms with Crippen LogP contribution in [-0.2, 0) is 14.3 Å². The van der Waals surface area contributed by atoms with E-state index >= 15 is 0 Å². The van der Waals surface area contributed by atoms with Crippen molar-refractivity contribution >= 4 is 66.8 Å². The van der Waals surface area contributed by atoms with Gasteiger partial charge in [-0.2, -0.15) is 0 Å². The van der Waals surface area contributed by atoms with Crippen LogP contribution in [0, 0.1) is 0 Å². The summed E-state index contributed by atoms with van der Waals surface area (Å²) in [6.07, 6.45) is 3.22. The largest absolute Gasteiger partial charge is 0.487 e. The van der Waals surface area contributed by atoms with Gasteiger partial charge in [0.15, 0.2) is 0 Å². The molecular weight excluding hydrogens is 490 g/mol. The molecule has 0 aliphatic carbocycles. The number of halogens is 2. The van der Waals surface area contributed by atoms with E-state index in [4.69, 9.17) is 9.47 Å². The molecule has 0 unspecified atom stereocenters. The highest BCUT2D eigenvalue weighted by atomic mass is 79.9. The third-order valence-electron chi connectivity index (χ3n) is 3.13. The Balaban J connectivity index is 2.22. The molecule has 2 amide bonds. The molecule has 1 aromatic rings. The number of ether oxygens (including phenoxy) is 2. The fraction of sp³-hybridized carbons (Fsp3) is 0.235. The van der Waals surface area contributed by atoms with Crippen molar-refractivity contribution in [1.29, 1.82) is 0 Å². The molecule has 0 spiro atoms. The number of nitrogens with zero attached hydrogens (tertiary/aromatic N) is 1. The van der Waals surface area contributed by atoms with Crippen molar-refractivity contribution in [3.8, 4) is 5.75 Å². The molecule has 0 bridgehead atoms. The number of hydrogen-bond donors (Lipinski definition) is 0. The zero-order valence-electron chi connectivity index (χ0n) is 13.8. The van der Waals surface area contributed by atoms with Gasteiger partial charge in [0.1, 0.15) is 18.9 Å². The Morgan fingerprint density at radius 1 is 1.31 bits per heavy atom. The summed E-state index contributed by atoms with van der Waals surface area (Å²) >= 11 is 7.62. The molecule has 0 aromatic heterocycles. The van der Waals surface area contributed by atoms with E-state index in [1.54, 1.807) is 31.2 Å². The lowest BCUT2D eigenvalue weighted by Crippen LogP contribution is -2.34. The smallest absolute Gasteiger partial charge is 0.326 e. The normalized spacial score (nSPS) is 15.5. The first-order valence-electron chi connectivity index (χ1n) is 7.51. The average Bonchev–Trinajstić information content (AvgIpc) is 2.82. The van der Waals surface area contributed by atoms with Gasteiger partial charge in [-0.1, -0.05) is 12.7 Å². The number of carbonyl (C=O) groups is 3. The van der Waals surface area contributed by atoms with Crippen LogP contribution in [0.1, 0.15) is 12.5 Å². The second-order valence-corrected chi connectivity index (χ2v) is 7.69. The van der Waals surface area contributed by atoms with Crippen LogP contribution in [0.3, 0.4) is 0 Å². The van der Waals surface area contributed by atoms with Crippen molar-refractivity contribution in [2.45, 2.75) is 6.92 Å². The maximum absolute atomic E-state index is 12.4. The van der Waals surface area contributed by atoms with Gasteiger partial charge in [-0.05, 0) is 74.3 Å². The van der Waals surface area contributed by atoms with Crippen LogP contribution in [0.4, 0.5) is 4.79 Å². The average molecular weight is 505 g/mol. The highest BCUT2D eigenvalue weighted by molar-refractivity contribution is 9.11. The highest BCUT2D eigenvalue weighted by Gasteiger charge is 2.36. The van der Waals surface area contributed by atoms with Crippen LogP contribution in [0.5, 0.6) is 5.75 Å². The molecule has 0 N–H and O–H groups in total. The van der Waals surface area contributed by atoms with Gasteiger partial charge in [0.05, 0.1) is 20.5 Å². The second kappa shape index (κ2) is 9.38. The summed E-state index contributed by atoms with van der Waals surface area (Å²) in [5, 5.41) is -0.502. The number of thioether (sulfide) groups is 1. The quantitative estimate of drug-likeness (QED) is 0.312. The summed E-state index contributed by atoms with van der Waals surface area (Å²) in [5.74, 6) is -0.532. The van der Waals surface area contributed by atoms with Gasteiger partial charge in [-0.15, -0.1) is 0 Å². The third-order valence-corrected chi connectivity index (χ3v) is 5.22. The molecule has 1 heterocycles. The van der Waals surface area contributed by atoms with Crippen molar-refractivity contribution < 1.29 is 23.9 Å². The monoisotopic (exact) mass is 503 g/mol. The summed E-state index contributed by atoms with van der Waals surface area (Å²) in [4.78, 5) is 37.0. The lowest BCUT2D eigenvalue weighted by molar-refractivity contribution is -0.145. The maximum atomic E-state index is 12.4. The molecule has 0 radical (unpaired) electrons. The first-order chi connectivity index (χ1) is 12.4. The highest BCUT2D eigenvalue weighted by Crippen LogP contribution is 2.37.